The highest BCUT2D eigenvalue weighted by molar-refractivity contribution is 14.0. The molecule has 0 aromatic heterocycles. The molecule has 0 unspecified atom stereocenters. The molecular formula is C19H24FIN4O. The molecule has 0 radical (unpaired) electrons. The number of rotatable bonds is 3. The lowest BCUT2D eigenvalue weighted by atomic mass is 10.2. The second-order valence-corrected chi connectivity index (χ2v) is 6.00. The summed E-state index contributed by atoms with van der Waals surface area (Å²) >= 11 is 0. The molecule has 1 heterocycles. The number of hydrogen-bond donors (Lipinski definition) is 2. The average molecular weight is 470 g/mol. The van der Waals surface area contributed by atoms with Crippen molar-refractivity contribution < 1.29 is 9.50 Å². The Morgan fingerprint density at radius 3 is 2.42 bits per heavy atom. The molecule has 0 spiro atoms. The van der Waals surface area contributed by atoms with Crippen LogP contribution in [-0.4, -0.2) is 49.2 Å². The van der Waals surface area contributed by atoms with Gasteiger partial charge in [-0.15, -0.1) is 24.0 Å². The molecular weight excluding hydrogens is 446 g/mol. The number of guanidine groups is 1. The van der Waals surface area contributed by atoms with E-state index in [1.165, 1.54) is 17.8 Å². The molecule has 5 nitrogen and oxygen atoms in total. The summed E-state index contributed by atoms with van der Waals surface area (Å²) in [5.74, 6) is -0.128. The Bertz CT molecular complexity index is 734. The number of aliphatic imine (C=N–C) groups is 1. The average Bonchev–Trinajstić information content (AvgIpc) is 2.66. The number of aromatic hydroxyl groups is 1. The van der Waals surface area contributed by atoms with Gasteiger partial charge in [0.25, 0.3) is 0 Å². The predicted octanol–water partition coefficient (Wildman–Crippen LogP) is 3.05. The van der Waals surface area contributed by atoms with E-state index < -0.39 is 5.82 Å². The largest absolute Gasteiger partial charge is 0.505 e. The predicted molar refractivity (Wildman–Crippen MR) is 114 cm³/mol. The summed E-state index contributed by atoms with van der Waals surface area (Å²) in [5, 5.41) is 12.5. The highest BCUT2D eigenvalue weighted by Gasteiger charge is 2.19. The summed E-state index contributed by atoms with van der Waals surface area (Å²) in [5.41, 5.74) is 2.00. The molecule has 1 aliphatic rings. The SMILES string of the molecule is CN=C(NCc1ccc(O)c(F)c1)N1CCN(c2ccccc2)CC1.I. The number of phenolic OH excluding ortho intramolecular Hbond substituents is 1. The second-order valence-electron chi connectivity index (χ2n) is 6.00. The van der Waals surface area contributed by atoms with Crippen LogP contribution in [0.1, 0.15) is 5.56 Å². The van der Waals surface area contributed by atoms with E-state index in [-0.39, 0.29) is 29.7 Å². The Morgan fingerprint density at radius 2 is 1.81 bits per heavy atom. The minimum Gasteiger partial charge on any atom is -0.505 e. The number of halogens is 2. The highest BCUT2D eigenvalue weighted by Crippen LogP contribution is 2.17. The molecule has 3 rings (SSSR count). The summed E-state index contributed by atoms with van der Waals surface area (Å²) in [4.78, 5) is 8.90. The van der Waals surface area contributed by atoms with Crippen molar-refractivity contribution in [1.29, 1.82) is 0 Å². The van der Waals surface area contributed by atoms with Gasteiger partial charge in [0.1, 0.15) is 0 Å². The molecule has 2 aromatic rings. The molecule has 26 heavy (non-hydrogen) atoms. The number of anilines is 1. The fourth-order valence-electron chi connectivity index (χ4n) is 2.99. The molecule has 2 N–H and O–H groups in total. The van der Waals surface area contributed by atoms with Crippen molar-refractivity contribution in [1.82, 2.24) is 10.2 Å². The lowest BCUT2D eigenvalue weighted by Crippen LogP contribution is -2.52. The zero-order valence-electron chi connectivity index (χ0n) is 14.7. The molecule has 7 heteroatoms. The lowest BCUT2D eigenvalue weighted by Gasteiger charge is -2.37. The van der Waals surface area contributed by atoms with E-state index in [1.54, 1.807) is 13.1 Å². The number of nitrogens with one attached hydrogen (secondary N) is 1. The molecule has 1 fully saturated rings. The van der Waals surface area contributed by atoms with Crippen molar-refractivity contribution in [3.8, 4) is 5.75 Å². The molecule has 0 amide bonds. The van der Waals surface area contributed by atoms with Gasteiger partial charge in [-0.3, -0.25) is 4.99 Å². The van der Waals surface area contributed by atoms with Crippen LogP contribution in [0.15, 0.2) is 53.5 Å². The molecule has 1 saturated heterocycles. The van der Waals surface area contributed by atoms with Gasteiger partial charge in [-0.25, -0.2) is 4.39 Å². The van der Waals surface area contributed by atoms with E-state index in [1.807, 2.05) is 6.07 Å². The maximum Gasteiger partial charge on any atom is 0.194 e. The van der Waals surface area contributed by atoms with Crippen LogP contribution in [0.3, 0.4) is 0 Å². The van der Waals surface area contributed by atoms with E-state index >= 15 is 0 Å². The van der Waals surface area contributed by atoms with Crippen molar-refractivity contribution in [3.63, 3.8) is 0 Å². The summed E-state index contributed by atoms with van der Waals surface area (Å²) in [7, 11) is 1.75. The van der Waals surface area contributed by atoms with Crippen molar-refractivity contribution in [2.45, 2.75) is 6.54 Å². The minimum atomic E-state index is -0.606. The van der Waals surface area contributed by atoms with Crippen molar-refractivity contribution >= 4 is 35.6 Å². The standard InChI is InChI=1S/C19H23FN4O.HI/c1-21-19(22-14-15-7-8-18(25)17(20)13-15)24-11-9-23(10-12-24)16-5-3-2-4-6-16;/h2-8,13,25H,9-12,14H2,1H3,(H,21,22);1H. The highest BCUT2D eigenvalue weighted by atomic mass is 127. The quantitative estimate of drug-likeness (QED) is 0.412. The monoisotopic (exact) mass is 470 g/mol. The van der Waals surface area contributed by atoms with Gasteiger partial charge in [0, 0.05) is 45.5 Å². The fraction of sp³-hybridized carbons (Fsp3) is 0.316. The first-order valence-corrected chi connectivity index (χ1v) is 8.40. The van der Waals surface area contributed by atoms with Gasteiger partial charge in [0.15, 0.2) is 17.5 Å². The number of para-hydroxylation sites is 1. The summed E-state index contributed by atoms with van der Waals surface area (Å²) in [6.07, 6.45) is 0. The van der Waals surface area contributed by atoms with E-state index in [0.717, 1.165) is 37.7 Å². The van der Waals surface area contributed by atoms with Gasteiger partial charge in [-0.05, 0) is 29.8 Å². The molecule has 0 aliphatic carbocycles. The van der Waals surface area contributed by atoms with Crippen molar-refractivity contribution in [2.75, 3.05) is 38.1 Å². The number of phenols is 1. The van der Waals surface area contributed by atoms with Crippen LogP contribution in [-0.2, 0) is 6.54 Å². The molecule has 1 aliphatic heterocycles. The molecule has 2 aromatic carbocycles. The number of piperazine rings is 1. The zero-order valence-corrected chi connectivity index (χ0v) is 17.1. The molecule has 0 atom stereocenters. The normalized spacial score (nSPS) is 14.8. The first kappa shape index (κ1) is 20.3. The smallest absolute Gasteiger partial charge is 0.194 e. The maximum atomic E-state index is 13.4. The van der Waals surface area contributed by atoms with Crippen LogP contribution < -0.4 is 10.2 Å². The topological polar surface area (TPSA) is 51.1 Å². The number of hydrogen-bond acceptors (Lipinski definition) is 3. The minimum absolute atomic E-state index is 0. The summed E-state index contributed by atoms with van der Waals surface area (Å²) in [6.45, 7) is 4.07. The summed E-state index contributed by atoms with van der Waals surface area (Å²) < 4.78 is 13.4. The van der Waals surface area contributed by atoms with Crippen LogP contribution in [0.25, 0.3) is 0 Å². The van der Waals surface area contributed by atoms with Crippen LogP contribution >= 0.6 is 24.0 Å². The first-order valence-electron chi connectivity index (χ1n) is 8.40. The maximum absolute atomic E-state index is 13.4. The van der Waals surface area contributed by atoms with Crippen molar-refractivity contribution in [3.05, 3.63) is 59.9 Å². The molecule has 140 valence electrons. The van der Waals surface area contributed by atoms with E-state index in [2.05, 4.69) is 44.4 Å². The van der Waals surface area contributed by atoms with Gasteiger partial charge in [-0.1, -0.05) is 24.3 Å². The van der Waals surface area contributed by atoms with Crippen LogP contribution in [0.2, 0.25) is 0 Å². The van der Waals surface area contributed by atoms with Gasteiger partial charge in [0.2, 0.25) is 0 Å². The van der Waals surface area contributed by atoms with E-state index in [0.29, 0.717) is 6.54 Å². The molecule has 0 bridgehead atoms. The second kappa shape index (κ2) is 9.61. The Kier molecular flexibility index (Phi) is 7.50. The third-order valence-corrected chi connectivity index (χ3v) is 4.38. The van der Waals surface area contributed by atoms with Crippen LogP contribution in [0.4, 0.5) is 10.1 Å². The number of nitrogens with zero attached hydrogens (tertiary/aromatic N) is 3. The lowest BCUT2D eigenvalue weighted by molar-refractivity contribution is 0.372. The van der Waals surface area contributed by atoms with Gasteiger partial charge in [0.05, 0.1) is 0 Å². The zero-order chi connectivity index (χ0) is 17.6. The fourth-order valence-corrected chi connectivity index (χ4v) is 2.99. The van der Waals surface area contributed by atoms with Crippen LogP contribution in [0.5, 0.6) is 5.75 Å². The van der Waals surface area contributed by atoms with E-state index in [4.69, 9.17) is 0 Å². The number of benzene rings is 2. The Morgan fingerprint density at radius 1 is 1.12 bits per heavy atom. The van der Waals surface area contributed by atoms with Crippen LogP contribution in [0, 0.1) is 5.82 Å². The third kappa shape index (κ3) is 5.00. The van der Waals surface area contributed by atoms with Gasteiger partial charge in [-0.2, -0.15) is 0 Å². The molecule has 0 saturated carbocycles. The first-order chi connectivity index (χ1) is 12.2. The van der Waals surface area contributed by atoms with Crippen molar-refractivity contribution in [2.24, 2.45) is 4.99 Å². The third-order valence-electron chi connectivity index (χ3n) is 4.38. The summed E-state index contributed by atoms with van der Waals surface area (Å²) in [6, 6.07) is 14.8. The van der Waals surface area contributed by atoms with Gasteiger partial charge >= 0.3 is 0 Å². The Balaban J connectivity index is 0.00000243. The Hall–Kier alpha value is -2.03. The van der Waals surface area contributed by atoms with E-state index in [9.17, 15) is 9.50 Å². The van der Waals surface area contributed by atoms with Gasteiger partial charge < -0.3 is 20.2 Å². The Labute approximate surface area is 170 Å².